The van der Waals surface area contributed by atoms with E-state index in [4.69, 9.17) is 9.97 Å². The van der Waals surface area contributed by atoms with Crippen LogP contribution in [-0.4, -0.2) is 9.97 Å². The van der Waals surface area contributed by atoms with Crippen molar-refractivity contribution < 1.29 is 0 Å². The second-order valence-electron chi connectivity index (χ2n) is 11.8. The van der Waals surface area contributed by atoms with Gasteiger partial charge in [0, 0.05) is 29.5 Å². The Balaban J connectivity index is 1.20. The molecule has 1 heterocycles. The zero-order valence-corrected chi connectivity index (χ0v) is 24.2. The maximum Gasteiger partial charge on any atom is 0.159 e. The molecule has 3 atom stereocenters. The molecule has 0 aliphatic heterocycles. The summed E-state index contributed by atoms with van der Waals surface area (Å²) in [4.78, 5) is 9.84. The zero-order valence-electron chi connectivity index (χ0n) is 24.2. The fraction of sp³-hybridized carbons (Fsp3) is 0.122. The first-order valence-electron chi connectivity index (χ1n) is 15.2. The lowest BCUT2D eigenvalue weighted by atomic mass is 9.69. The van der Waals surface area contributed by atoms with Gasteiger partial charge in [-0.3, -0.25) is 0 Å². The van der Waals surface area contributed by atoms with Gasteiger partial charge < -0.3 is 0 Å². The number of hydrogen-bond acceptors (Lipinski definition) is 2. The van der Waals surface area contributed by atoms with Gasteiger partial charge in [0.25, 0.3) is 0 Å². The summed E-state index contributed by atoms with van der Waals surface area (Å²) in [7, 11) is 0. The molecule has 3 aliphatic carbocycles. The van der Waals surface area contributed by atoms with E-state index in [-0.39, 0.29) is 0 Å². The minimum atomic E-state index is 0.292. The van der Waals surface area contributed by atoms with Crippen LogP contribution in [0.25, 0.3) is 44.8 Å². The van der Waals surface area contributed by atoms with Crippen LogP contribution in [0, 0.1) is 6.92 Å². The number of allylic oxidation sites excluding steroid dienone is 8. The highest BCUT2D eigenvalue weighted by Crippen LogP contribution is 2.50. The second kappa shape index (κ2) is 10.6. The van der Waals surface area contributed by atoms with Crippen molar-refractivity contribution in [2.75, 3.05) is 0 Å². The number of aromatic nitrogens is 2. The topological polar surface area (TPSA) is 25.8 Å². The third-order valence-corrected chi connectivity index (χ3v) is 9.17. The summed E-state index contributed by atoms with van der Waals surface area (Å²) in [5.41, 5.74) is 13.6. The lowest BCUT2D eigenvalue weighted by molar-refractivity contribution is 0.720. The van der Waals surface area contributed by atoms with Crippen LogP contribution < -0.4 is 0 Å². The highest BCUT2D eigenvalue weighted by molar-refractivity contribution is 5.88. The molecule has 0 amide bonds. The standard InChI is InChI=1S/C41H32N2/c1-27-26-42-41(43-40(27)28-12-3-2-4-13-28)31-15-11-14-29(24-31)32-16-5-6-17-33(32)30-22-23-38-36-20-8-7-18-34(36)35-19-9-10-21-37(35)39(38)25-30/h2-12,14-26,28,34,36H,13H2,1H3. The highest BCUT2D eigenvalue weighted by atomic mass is 14.9. The number of rotatable bonds is 4. The number of aryl methyl sites for hydroxylation is 1. The SMILES string of the molecule is Cc1cnc(-c2cccc(-c3ccccc3-c3ccc4c(c3)-c3ccccc3C3C=CC=CC43)c2)nc1C1C=CC=CC1. The summed E-state index contributed by atoms with van der Waals surface area (Å²) in [5.74, 6) is 1.83. The first-order valence-corrected chi connectivity index (χ1v) is 15.2. The fourth-order valence-corrected chi connectivity index (χ4v) is 7.05. The molecule has 0 N–H and O–H groups in total. The molecule has 2 nitrogen and oxygen atoms in total. The molecule has 4 aromatic carbocycles. The van der Waals surface area contributed by atoms with Crippen LogP contribution in [0.15, 0.2) is 146 Å². The van der Waals surface area contributed by atoms with Crippen molar-refractivity contribution in [3.05, 3.63) is 168 Å². The maximum absolute atomic E-state index is 5.08. The molecule has 0 saturated carbocycles. The van der Waals surface area contributed by atoms with E-state index in [0.29, 0.717) is 17.8 Å². The largest absolute Gasteiger partial charge is 0.236 e. The molecule has 3 unspecified atom stereocenters. The molecule has 2 heteroatoms. The molecule has 0 fully saturated rings. The molecule has 0 bridgehead atoms. The van der Waals surface area contributed by atoms with Crippen LogP contribution in [0.2, 0.25) is 0 Å². The molecule has 3 aliphatic rings. The average molecular weight is 553 g/mol. The van der Waals surface area contributed by atoms with Crippen LogP contribution in [0.1, 0.15) is 46.6 Å². The molecule has 5 aromatic rings. The number of nitrogens with zero attached hydrogens (tertiary/aromatic N) is 2. The third kappa shape index (κ3) is 4.51. The van der Waals surface area contributed by atoms with Gasteiger partial charge in [0.1, 0.15) is 0 Å². The number of hydrogen-bond donors (Lipinski definition) is 0. The summed E-state index contributed by atoms with van der Waals surface area (Å²) in [6.45, 7) is 2.11. The Bertz CT molecular complexity index is 1990. The number of fused-ring (bicyclic) bond motifs is 6. The Morgan fingerprint density at radius 1 is 0.581 bits per heavy atom. The van der Waals surface area contributed by atoms with Gasteiger partial charge in [-0.2, -0.15) is 0 Å². The zero-order chi connectivity index (χ0) is 28.8. The fourth-order valence-electron chi connectivity index (χ4n) is 7.05. The van der Waals surface area contributed by atoms with Crippen molar-refractivity contribution in [2.45, 2.75) is 31.1 Å². The summed E-state index contributed by atoms with van der Waals surface area (Å²) in [5, 5.41) is 0. The molecule has 206 valence electrons. The molecule has 0 radical (unpaired) electrons. The van der Waals surface area contributed by atoms with Crippen LogP contribution in [0.4, 0.5) is 0 Å². The molecular formula is C41H32N2. The van der Waals surface area contributed by atoms with Crippen molar-refractivity contribution >= 4 is 0 Å². The van der Waals surface area contributed by atoms with Crippen molar-refractivity contribution in [1.82, 2.24) is 9.97 Å². The van der Waals surface area contributed by atoms with Gasteiger partial charge in [-0.1, -0.05) is 127 Å². The molecule has 0 spiro atoms. The summed E-state index contributed by atoms with van der Waals surface area (Å²) in [6.07, 6.45) is 20.7. The minimum absolute atomic E-state index is 0.292. The molecule has 0 saturated heterocycles. The Morgan fingerprint density at radius 2 is 1.26 bits per heavy atom. The van der Waals surface area contributed by atoms with E-state index in [9.17, 15) is 0 Å². The predicted molar refractivity (Wildman–Crippen MR) is 178 cm³/mol. The molecule has 8 rings (SSSR count). The summed E-state index contributed by atoms with van der Waals surface area (Å²) < 4.78 is 0. The van der Waals surface area contributed by atoms with Gasteiger partial charge in [0.05, 0.1) is 5.69 Å². The van der Waals surface area contributed by atoms with Gasteiger partial charge in [-0.25, -0.2) is 9.97 Å². The van der Waals surface area contributed by atoms with E-state index in [1.807, 2.05) is 6.20 Å². The highest BCUT2D eigenvalue weighted by Gasteiger charge is 2.31. The Labute approximate surface area is 253 Å². The average Bonchev–Trinajstić information content (AvgIpc) is 3.09. The van der Waals surface area contributed by atoms with E-state index in [2.05, 4.69) is 147 Å². The van der Waals surface area contributed by atoms with Gasteiger partial charge in [-0.05, 0) is 75.5 Å². The second-order valence-corrected chi connectivity index (χ2v) is 11.8. The van der Waals surface area contributed by atoms with Gasteiger partial charge in [0.2, 0.25) is 0 Å². The van der Waals surface area contributed by atoms with E-state index in [1.54, 1.807) is 0 Å². The van der Waals surface area contributed by atoms with Crippen LogP contribution in [0.3, 0.4) is 0 Å². The first kappa shape index (κ1) is 25.6. The van der Waals surface area contributed by atoms with Gasteiger partial charge >= 0.3 is 0 Å². The van der Waals surface area contributed by atoms with E-state index in [1.165, 1.54) is 38.9 Å². The van der Waals surface area contributed by atoms with Gasteiger partial charge in [-0.15, -0.1) is 0 Å². The normalized spacial score (nSPS) is 19.5. The van der Waals surface area contributed by atoms with Crippen LogP contribution >= 0.6 is 0 Å². The van der Waals surface area contributed by atoms with Crippen molar-refractivity contribution in [1.29, 1.82) is 0 Å². The van der Waals surface area contributed by atoms with E-state index >= 15 is 0 Å². The Kier molecular flexibility index (Phi) is 6.34. The van der Waals surface area contributed by atoms with E-state index < -0.39 is 0 Å². The first-order chi connectivity index (χ1) is 21.2. The number of benzene rings is 4. The summed E-state index contributed by atoms with van der Waals surface area (Å²) >= 11 is 0. The molecule has 43 heavy (non-hydrogen) atoms. The third-order valence-electron chi connectivity index (χ3n) is 9.17. The van der Waals surface area contributed by atoms with Crippen LogP contribution in [-0.2, 0) is 0 Å². The Morgan fingerprint density at radius 3 is 2.02 bits per heavy atom. The van der Waals surface area contributed by atoms with Crippen molar-refractivity contribution in [3.63, 3.8) is 0 Å². The minimum Gasteiger partial charge on any atom is -0.236 e. The predicted octanol–water partition coefficient (Wildman–Crippen LogP) is 10.4. The lowest BCUT2D eigenvalue weighted by Gasteiger charge is -2.34. The molecule has 1 aromatic heterocycles. The van der Waals surface area contributed by atoms with Crippen molar-refractivity contribution in [2.24, 2.45) is 0 Å². The van der Waals surface area contributed by atoms with Gasteiger partial charge in [0.15, 0.2) is 5.82 Å². The quantitative estimate of drug-likeness (QED) is 0.222. The molecular weight excluding hydrogens is 520 g/mol. The lowest BCUT2D eigenvalue weighted by Crippen LogP contribution is -2.16. The monoisotopic (exact) mass is 552 g/mol. The van der Waals surface area contributed by atoms with E-state index in [0.717, 1.165) is 34.6 Å². The maximum atomic E-state index is 5.08. The Hall–Kier alpha value is -5.08. The van der Waals surface area contributed by atoms with Crippen molar-refractivity contribution in [3.8, 4) is 44.8 Å². The smallest absolute Gasteiger partial charge is 0.159 e. The van der Waals surface area contributed by atoms with Crippen LogP contribution in [0.5, 0.6) is 0 Å². The summed E-state index contributed by atoms with van der Waals surface area (Å²) in [6, 6.07) is 33.4.